The van der Waals surface area contributed by atoms with E-state index in [2.05, 4.69) is 20.6 Å². The van der Waals surface area contributed by atoms with Crippen molar-refractivity contribution in [2.75, 3.05) is 6.61 Å². The molecule has 9 nitrogen and oxygen atoms in total. The number of rotatable bonds is 8. The van der Waals surface area contributed by atoms with Gasteiger partial charge in [0.05, 0.1) is 17.9 Å². The largest absolute Gasteiger partial charge is 0.372 e. The molecule has 2 unspecified atom stereocenters. The van der Waals surface area contributed by atoms with Gasteiger partial charge in [-0.1, -0.05) is 5.21 Å². The van der Waals surface area contributed by atoms with Gasteiger partial charge in [0.2, 0.25) is 0 Å². The van der Waals surface area contributed by atoms with Crippen LogP contribution >= 0.6 is 11.3 Å². The summed E-state index contributed by atoms with van der Waals surface area (Å²) >= 11 is 1.47. The first-order valence-corrected chi connectivity index (χ1v) is 9.85. The number of amides is 3. The number of hydrogen-bond donors (Lipinski definition) is 1. The van der Waals surface area contributed by atoms with E-state index in [0.717, 1.165) is 5.01 Å². The normalized spacial score (nSPS) is 18.4. The summed E-state index contributed by atoms with van der Waals surface area (Å²) in [6.07, 6.45) is 2.01. The fraction of sp³-hybridized carbons (Fsp3) is 0.588. The Bertz CT molecular complexity index is 817. The van der Waals surface area contributed by atoms with Crippen LogP contribution in [-0.4, -0.2) is 49.5 Å². The number of ether oxygens (including phenoxy) is 1. The van der Waals surface area contributed by atoms with Gasteiger partial charge in [-0.25, -0.2) is 14.5 Å². The molecule has 2 atom stereocenters. The molecule has 10 heteroatoms. The fourth-order valence-corrected chi connectivity index (χ4v) is 3.61. The van der Waals surface area contributed by atoms with Crippen molar-refractivity contribution >= 4 is 23.3 Å². The quantitative estimate of drug-likeness (QED) is 0.690. The second-order valence-corrected chi connectivity index (χ2v) is 7.58. The molecule has 0 radical (unpaired) electrons. The summed E-state index contributed by atoms with van der Waals surface area (Å²) in [6.45, 7) is 8.61. The van der Waals surface area contributed by atoms with Gasteiger partial charge in [-0.05, 0) is 27.7 Å². The zero-order chi connectivity index (χ0) is 19.6. The molecule has 1 aliphatic rings. The van der Waals surface area contributed by atoms with Crippen molar-refractivity contribution in [3.05, 3.63) is 28.0 Å². The number of hydrogen-bond acceptors (Lipinski definition) is 7. The van der Waals surface area contributed by atoms with Gasteiger partial charge in [0.1, 0.15) is 17.2 Å². The zero-order valence-electron chi connectivity index (χ0n) is 15.9. The maximum Gasteiger partial charge on any atom is 0.325 e. The molecular formula is C17H24N6O3S. The predicted molar refractivity (Wildman–Crippen MR) is 99.1 cm³/mol. The van der Waals surface area contributed by atoms with Crippen molar-refractivity contribution in [1.29, 1.82) is 0 Å². The van der Waals surface area contributed by atoms with E-state index < -0.39 is 12.1 Å². The third-order valence-electron chi connectivity index (χ3n) is 4.26. The van der Waals surface area contributed by atoms with Gasteiger partial charge < -0.3 is 10.1 Å². The average Bonchev–Trinajstić information content (AvgIpc) is 3.32. The van der Waals surface area contributed by atoms with Gasteiger partial charge in [0.15, 0.2) is 0 Å². The lowest BCUT2D eigenvalue weighted by molar-refractivity contribution is -0.127. The number of imide groups is 1. The van der Waals surface area contributed by atoms with Crippen molar-refractivity contribution in [2.45, 2.75) is 58.8 Å². The smallest absolute Gasteiger partial charge is 0.325 e. The Hall–Kier alpha value is -2.33. The lowest BCUT2D eigenvalue weighted by Crippen LogP contribution is -2.32. The van der Waals surface area contributed by atoms with Crippen molar-refractivity contribution < 1.29 is 14.3 Å². The Morgan fingerprint density at radius 3 is 2.74 bits per heavy atom. The molecule has 1 saturated heterocycles. The Morgan fingerprint density at radius 1 is 1.30 bits per heavy atom. The molecule has 27 heavy (non-hydrogen) atoms. The number of nitrogens with zero attached hydrogens (tertiary/aromatic N) is 5. The van der Waals surface area contributed by atoms with Crippen LogP contribution in [0.5, 0.6) is 0 Å². The maximum absolute atomic E-state index is 12.6. The van der Waals surface area contributed by atoms with E-state index in [4.69, 9.17) is 4.74 Å². The molecule has 1 N–H and O–H groups in total. The van der Waals surface area contributed by atoms with Crippen molar-refractivity contribution in [1.82, 2.24) is 30.2 Å². The SMILES string of the molecule is CCOC(C)c1nc(CN2C(=O)NC(Cc3cn(C(C)C)nn3)C2=O)cs1. The van der Waals surface area contributed by atoms with Gasteiger partial charge in [-0.3, -0.25) is 9.69 Å². The van der Waals surface area contributed by atoms with Crippen LogP contribution in [0.4, 0.5) is 4.79 Å². The molecule has 0 saturated carbocycles. The first-order valence-electron chi connectivity index (χ1n) is 8.97. The molecule has 2 aromatic rings. The molecule has 3 heterocycles. The number of carbonyl (C=O) groups is 2. The van der Waals surface area contributed by atoms with Crippen molar-refractivity contribution in [3.63, 3.8) is 0 Å². The number of urea groups is 1. The highest BCUT2D eigenvalue weighted by Gasteiger charge is 2.38. The van der Waals surface area contributed by atoms with Crippen LogP contribution in [0.3, 0.4) is 0 Å². The standard InChI is InChI=1S/C17H24N6O3S/c1-5-26-11(4)15-18-13(9-27-15)7-22-16(24)14(19-17(22)25)6-12-8-23(10(2)3)21-20-12/h8-11,14H,5-7H2,1-4H3,(H,19,25). The van der Waals surface area contributed by atoms with Gasteiger partial charge in [0, 0.05) is 30.6 Å². The van der Waals surface area contributed by atoms with E-state index >= 15 is 0 Å². The monoisotopic (exact) mass is 392 g/mol. The summed E-state index contributed by atoms with van der Waals surface area (Å²) in [7, 11) is 0. The number of aromatic nitrogens is 4. The Balaban J connectivity index is 1.63. The zero-order valence-corrected chi connectivity index (χ0v) is 16.7. The second-order valence-electron chi connectivity index (χ2n) is 6.69. The topological polar surface area (TPSA) is 102 Å². The summed E-state index contributed by atoms with van der Waals surface area (Å²) in [4.78, 5) is 30.6. The van der Waals surface area contributed by atoms with Crippen LogP contribution in [-0.2, 0) is 22.5 Å². The average molecular weight is 392 g/mol. The third kappa shape index (κ3) is 4.33. The maximum atomic E-state index is 12.6. The third-order valence-corrected chi connectivity index (χ3v) is 5.32. The minimum atomic E-state index is -0.629. The van der Waals surface area contributed by atoms with Crippen molar-refractivity contribution in [2.24, 2.45) is 0 Å². The molecule has 0 aromatic carbocycles. The van der Waals surface area contributed by atoms with Crippen LogP contribution in [0.15, 0.2) is 11.6 Å². The number of nitrogens with one attached hydrogen (secondary N) is 1. The Morgan fingerprint density at radius 2 is 2.07 bits per heavy atom. The molecule has 2 aromatic heterocycles. The van der Waals surface area contributed by atoms with Gasteiger partial charge in [-0.15, -0.1) is 16.4 Å². The lowest BCUT2D eigenvalue weighted by atomic mass is 10.1. The molecular weight excluding hydrogens is 368 g/mol. The highest BCUT2D eigenvalue weighted by Crippen LogP contribution is 2.23. The van der Waals surface area contributed by atoms with Crippen molar-refractivity contribution in [3.8, 4) is 0 Å². The Kier molecular flexibility index (Phi) is 5.85. The summed E-state index contributed by atoms with van der Waals surface area (Å²) < 4.78 is 7.26. The number of carbonyl (C=O) groups excluding carboxylic acids is 2. The molecule has 3 amide bonds. The molecule has 1 fully saturated rings. The summed E-state index contributed by atoms with van der Waals surface area (Å²) in [5, 5.41) is 13.5. The predicted octanol–water partition coefficient (Wildman–Crippen LogP) is 2.08. The molecule has 146 valence electrons. The first kappa shape index (κ1) is 19.4. The molecule has 0 bridgehead atoms. The van der Waals surface area contributed by atoms with E-state index in [-0.39, 0.29) is 24.6 Å². The van der Waals surface area contributed by atoms with Gasteiger partial charge in [0.25, 0.3) is 5.91 Å². The molecule has 3 rings (SSSR count). The summed E-state index contributed by atoms with van der Waals surface area (Å²) in [6, 6.07) is -0.849. The van der Waals surface area contributed by atoms with Gasteiger partial charge >= 0.3 is 6.03 Å². The molecule has 1 aliphatic heterocycles. The first-order chi connectivity index (χ1) is 12.9. The van der Waals surface area contributed by atoms with Crippen LogP contribution in [0.25, 0.3) is 0 Å². The van der Waals surface area contributed by atoms with Crippen LogP contribution in [0.1, 0.15) is 56.2 Å². The van der Waals surface area contributed by atoms with Gasteiger partial charge in [-0.2, -0.15) is 0 Å². The number of thiazole rings is 1. The van der Waals surface area contributed by atoms with Crippen LogP contribution < -0.4 is 5.32 Å². The minimum Gasteiger partial charge on any atom is -0.372 e. The van der Waals surface area contributed by atoms with Crippen LogP contribution in [0.2, 0.25) is 0 Å². The van der Waals surface area contributed by atoms with E-state index in [1.165, 1.54) is 16.2 Å². The lowest BCUT2D eigenvalue weighted by Gasteiger charge is -2.11. The second kappa shape index (κ2) is 8.13. The highest BCUT2D eigenvalue weighted by molar-refractivity contribution is 7.09. The highest BCUT2D eigenvalue weighted by atomic mass is 32.1. The van der Waals surface area contributed by atoms with E-state index in [0.29, 0.717) is 24.4 Å². The fourth-order valence-electron chi connectivity index (χ4n) is 2.80. The van der Waals surface area contributed by atoms with E-state index in [1.807, 2.05) is 33.1 Å². The Labute approximate surface area is 161 Å². The minimum absolute atomic E-state index is 0.104. The summed E-state index contributed by atoms with van der Waals surface area (Å²) in [5.41, 5.74) is 1.35. The van der Waals surface area contributed by atoms with E-state index in [9.17, 15) is 9.59 Å². The molecule has 0 aliphatic carbocycles. The van der Waals surface area contributed by atoms with E-state index in [1.54, 1.807) is 10.9 Å². The summed E-state index contributed by atoms with van der Waals surface area (Å²) in [5.74, 6) is -0.272. The molecule has 0 spiro atoms. The van der Waals surface area contributed by atoms with Crippen LogP contribution in [0, 0.1) is 0 Å².